The molecule has 0 amide bonds. The van der Waals surface area contributed by atoms with Crippen molar-refractivity contribution in [2.24, 2.45) is 0 Å². The van der Waals surface area contributed by atoms with Gasteiger partial charge in [-0.1, -0.05) is 30.3 Å². The number of hydrogen-bond acceptors (Lipinski definition) is 2. The largest absolute Gasteiger partial charge is 0.348 e. The smallest absolute Gasteiger partial charge is 0.120 e. The molecule has 2 rings (SSSR count). The van der Waals surface area contributed by atoms with E-state index in [1.807, 2.05) is 12.3 Å². The second-order valence-corrected chi connectivity index (χ2v) is 3.45. The molecular weight excluding hydrogens is 186 g/mol. The quantitative estimate of drug-likeness (QED) is 0.723. The lowest BCUT2D eigenvalue weighted by Crippen LogP contribution is -2.17. The van der Waals surface area contributed by atoms with Gasteiger partial charge in [-0.2, -0.15) is 0 Å². The van der Waals surface area contributed by atoms with Crippen molar-refractivity contribution in [3.8, 4) is 0 Å². The molecule has 0 atom stereocenters. The van der Waals surface area contributed by atoms with Gasteiger partial charge in [-0.05, 0) is 18.5 Å². The molecule has 0 unspecified atom stereocenters. The first-order valence-electron chi connectivity index (χ1n) is 5.18. The highest BCUT2D eigenvalue weighted by atomic mass is 15.0. The van der Waals surface area contributed by atoms with Gasteiger partial charge in [0.25, 0.3) is 0 Å². The summed E-state index contributed by atoms with van der Waals surface area (Å²) in [6, 6.07) is 10.5. The van der Waals surface area contributed by atoms with E-state index in [0.717, 1.165) is 25.3 Å². The average molecular weight is 201 g/mol. The van der Waals surface area contributed by atoms with Crippen LogP contribution in [0.25, 0.3) is 0 Å². The number of rotatable bonds is 5. The van der Waals surface area contributed by atoms with Crippen LogP contribution in [0, 0.1) is 0 Å². The summed E-state index contributed by atoms with van der Waals surface area (Å²) in [7, 11) is 0. The Hall–Kier alpha value is -1.61. The topological polar surface area (TPSA) is 40.7 Å². The maximum Gasteiger partial charge on any atom is 0.120 e. The van der Waals surface area contributed by atoms with Gasteiger partial charge in [0.15, 0.2) is 0 Å². The minimum atomic E-state index is 0.805. The molecule has 1 heterocycles. The van der Waals surface area contributed by atoms with Gasteiger partial charge < -0.3 is 10.3 Å². The number of nitrogens with one attached hydrogen (secondary N) is 2. The van der Waals surface area contributed by atoms with Gasteiger partial charge in [-0.15, -0.1) is 0 Å². The van der Waals surface area contributed by atoms with Gasteiger partial charge in [0, 0.05) is 12.4 Å². The van der Waals surface area contributed by atoms with E-state index in [2.05, 4.69) is 39.6 Å². The Labute approximate surface area is 89.6 Å². The second kappa shape index (κ2) is 5.32. The first-order chi connectivity index (χ1) is 7.45. The van der Waals surface area contributed by atoms with Crippen LogP contribution >= 0.6 is 0 Å². The molecule has 0 aliphatic heterocycles. The van der Waals surface area contributed by atoms with E-state index in [4.69, 9.17) is 0 Å². The second-order valence-electron chi connectivity index (χ2n) is 3.45. The number of aromatic amines is 1. The molecule has 15 heavy (non-hydrogen) atoms. The molecule has 0 fully saturated rings. The van der Waals surface area contributed by atoms with Crippen molar-refractivity contribution in [1.82, 2.24) is 15.3 Å². The van der Waals surface area contributed by atoms with Crippen LogP contribution in [0.1, 0.15) is 11.4 Å². The lowest BCUT2D eigenvalue weighted by molar-refractivity contribution is 0.665. The summed E-state index contributed by atoms with van der Waals surface area (Å²) in [6.45, 7) is 1.78. The molecule has 0 aliphatic rings. The summed E-state index contributed by atoms with van der Waals surface area (Å²) >= 11 is 0. The number of hydrogen-bond donors (Lipinski definition) is 2. The Kier molecular flexibility index (Phi) is 3.52. The van der Waals surface area contributed by atoms with Gasteiger partial charge in [-0.25, -0.2) is 4.98 Å². The molecule has 0 aliphatic carbocycles. The van der Waals surface area contributed by atoms with Crippen molar-refractivity contribution in [3.63, 3.8) is 0 Å². The molecule has 0 radical (unpaired) electrons. The number of nitrogens with zero attached hydrogens (tertiary/aromatic N) is 1. The van der Waals surface area contributed by atoms with Gasteiger partial charge >= 0.3 is 0 Å². The van der Waals surface area contributed by atoms with Gasteiger partial charge in [0.1, 0.15) is 5.82 Å². The number of aromatic nitrogens is 2. The van der Waals surface area contributed by atoms with Gasteiger partial charge in [0.05, 0.1) is 6.54 Å². The Balaban J connectivity index is 1.68. The fraction of sp³-hybridized carbons (Fsp3) is 0.250. The van der Waals surface area contributed by atoms with Gasteiger partial charge in [0.2, 0.25) is 0 Å². The van der Waals surface area contributed by atoms with Crippen molar-refractivity contribution >= 4 is 0 Å². The van der Waals surface area contributed by atoms with E-state index in [1.54, 1.807) is 6.20 Å². The number of benzene rings is 1. The molecular formula is C12H15N3. The predicted molar refractivity (Wildman–Crippen MR) is 60.4 cm³/mol. The van der Waals surface area contributed by atoms with Crippen molar-refractivity contribution in [3.05, 3.63) is 54.1 Å². The SMILES string of the molecule is c1ccc(CCNCc2ncc[nH]2)cc1. The average Bonchev–Trinajstić information content (AvgIpc) is 2.79. The van der Waals surface area contributed by atoms with Crippen molar-refractivity contribution in [1.29, 1.82) is 0 Å². The molecule has 78 valence electrons. The van der Waals surface area contributed by atoms with Crippen LogP contribution in [0.3, 0.4) is 0 Å². The summed E-state index contributed by atoms with van der Waals surface area (Å²) < 4.78 is 0. The maximum absolute atomic E-state index is 4.14. The molecule has 0 saturated carbocycles. The molecule has 1 aromatic carbocycles. The van der Waals surface area contributed by atoms with Crippen molar-refractivity contribution in [2.45, 2.75) is 13.0 Å². The third-order valence-electron chi connectivity index (χ3n) is 2.28. The van der Waals surface area contributed by atoms with Crippen LogP contribution in [-0.4, -0.2) is 16.5 Å². The highest BCUT2D eigenvalue weighted by Crippen LogP contribution is 1.98. The summed E-state index contributed by atoms with van der Waals surface area (Å²) in [5.41, 5.74) is 1.37. The molecule has 0 saturated heterocycles. The Bertz CT molecular complexity index is 367. The maximum atomic E-state index is 4.14. The minimum Gasteiger partial charge on any atom is -0.348 e. The Morgan fingerprint density at radius 1 is 1.20 bits per heavy atom. The van der Waals surface area contributed by atoms with E-state index in [9.17, 15) is 0 Å². The number of imidazole rings is 1. The van der Waals surface area contributed by atoms with Gasteiger partial charge in [-0.3, -0.25) is 0 Å². The number of H-pyrrole nitrogens is 1. The van der Waals surface area contributed by atoms with E-state index in [-0.39, 0.29) is 0 Å². The summed E-state index contributed by atoms with van der Waals surface area (Å²) in [6.07, 6.45) is 4.67. The van der Waals surface area contributed by atoms with Crippen LogP contribution in [-0.2, 0) is 13.0 Å². The van der Waals surface area contributed by atoms with Crippen molar-refractivity contribution < 1.29 is 0 Å². The molecule has 0 bridgehead atoms. The van der Waals surface area contributed by atoms with Crippen LogP contribution in [0.5, 0.6) is 0 Å². The van der Waals surface area contributed by atoms with Crippen LogP contribution < -0.4 is 5.32 Å². The van der Waals surface area contributed by atoms with Crippen molar-refractivity contribution in [2.75, 3.05) is 6.54 Å². The third-order valence-corrected chi connectivity index (χ3v) is 2.28. The van der Waals surface area contributed by atoms with E-state index < -0.39 is 0 Å². The minimum absolute atomic E-state index is 0.805. The lowest BCUT2D eigenvalue weighted by atomic mass is 10.1. The van der Waals surface area contributed by atoms with Crippen LogP contribution in [0.15, 0.2) is 42.7 Å². The highest BCUT2D eigenvalue weighted by molar-refractivity contribution is 5.14. The molecule has 3 heteroatoms. The Morgan fingerprint density at radius 3 is 2.80 bits per heavy atom. The van der Waals surface area contributed by atoms with Crippen LogP contribution in [0.2, 0.25) is 0 Å². The monoisotopic (exact) mass is 201 g/mol. The van der Waals surface area contributed by atoms with E-state index >= 15 is 0 Å². The highest BCUT2D eigenvalue weighted by Gasteiger charge is 1.94. The molecule has 2 aromatic rings. The van der Waals surface area contributed by atoms with E-state index in [0.29, 0.717) is 0 Å². The lowest BCUT2D eigenvalue weighted by Gasteiger charge is -2.02. The predicted octanol–water partition coefficient (Wildman–Crippen LogP) is 1.74. The zero-order valence-electron chi connectivity index (χ0n) is 8.61. The zero-order chi connectivity index (χ0) is 10.3. The summed E-state index contributed by atoms with van der Waals surface area (Å²) in [5, 5.41) is 3.34. The summed E-state index contributed by atoms with van der Waals surface area (Å²) in [4.78, 5) is 7.20. The molecule has 0 spiro atoms. The first kappa shape index (κ1) is 9.93. The van der Waals surface area contributed by atoms with E-state index in [1.165, 1.54) is 5.56 Å². The fourth-order valence-electron chi connectivity index (χ4n) is 1.48. The molecule has 3 nitrogen and oxygen atoms in total. The van der Waals surface area contributed by atoms with Crippen LogP contribution in [0.4, 0.5) is 0 Å². The third kappa shape index (κ3) is 3.22. The standard InChI is InChI=1S/C12H15N3/c1-2-4-11(5-3-1)6-7-13-10-12-14-8-9-15-12/h1-5,8-9,13H,6-7,10H2,(H,14,15). The first-order valence-corrected chi connectivity index (χ1v) is 5.18. The molecule has 1 aromatic heterocycles. The summed E-state index contributed by atoms with van der Waals surface area (Å²) in [5.74, 6) is 0.989. The normalized spacial score (nSPS) is 10.4. The molecule has 2 N–H and O–H groups in total. The zero-order valence-corrected chi connectivity index (χ0v) is 8.61. The fourth-order valence-corrected chi connectivity index (χ4v) is 1.48. The Morgan fingerprint density at radius 2 is 2.07 bits per heavy atom.